The number of ether oxygens (including phenoxy) is 2. The molecule has 4 nitrogen and oxygen atoms in total. The monoisotopic (exact) mass is 293 g/mol. The van der Waals surface area contributed by atoms with E-state index in [1.807, 2.05) is 0 Å². The molecule has 0 spiro atoms. The van der Waals surface area contributed by atoms with Crippen LogP contribution >= 0.6 is 11.6 Å². The maximum Gasteiger partial charge on any atom is 0.573 e. The van der Waals surface area contributed by atoms with Gasteiger partial charge in [0.15, 0.2) is 0 Å². The zero-order valence-electron chi connectivity index (χ0n) is 9.55. The molecule has 1 rings (SSSR count). The molecule has 0 saturated heterocycles. The van der Waals surface area contributed by atoms with Crippen LogP contribution in [0.25, 0.3) is 0 Å². The number of nitrogens with zero attached hydrogens (tertiary/aromatic N) is 1. The molecule has 1 aromatic carbocycles. The van der Waals surface area contributed by atoms with E-state index in [1.54, 1.807) is 6.07 Å². The van der Waals surface area contributed by atoms with Crippen molar-refractivity contribution in [2.75, 3.05) is 6.61 Å². The number of esters is 1. The van der Waals surface area contributed by atoms with Crippen LogP contribution in [0.2, 0.25) is 5.02 Å². The predicted octanol–water partition coefficient (Wildman–Crippen LogP) is 3.29. The molecule has 8 heteroatoms. The van der Waals surface area contributed by atoms with Crippen molar-refractivity contribution in [3.05, 3.63) is 28.3 Å². The first-order valence-corrected chi connectivity index (χ1v) is 5.32. The lowest BCUT2D eigenvalue weighted by Crippen LogP contribution is -2.20. The number of hydrogen-bond donors (Lipinski definition) is 0. The predicted molar refractivity (Wildman–Crippen MR) is 58.8 cm³/mol. The van der Waals surface area contributed by atoms with E-state index < -0.39 is 23.6 Å². The first kappa shape index (κ1) is 15.1. The van der Waals surface area contributed by atoms with Crippen LogP contribution in [0.5, 0.6) is 5.75 Å². The van der Waals surface area contributed by atoms with E-state index in [9.17, 15) is 18.0 Å². The molecule has 1 aromatic rings. The number of hydrogen-bond acceptors (Lipinski definition) is 4. The molecule has 19 heavy (non-hydrogen) atoms. The second-order valence-corrected chi connectivity index (χ2v) is 3.64. The van der Waals surface area contributed by atoms with Crippen LogP contribution in [-0.4, -0.2) is 18.9 Å². The van der Waals surface area contributed by atoms with Crippen molar-refractivity contribution in [1.82, 2.24) is 0 Å². The number of alkyl halides is 3. The number of nitriles is 1. The summed E-state index contributed by atoms with van der Waals surface area (Å²) >= 11 is 5.56. The Bertz CT molecular complexity index is 537. The van der Waals surface area contributed by atoms with Gasteiger partial charge in [-0.25, -0.2) is 4.79 Å². The average molecular weight is 294 g/mol. The summed E-state index contributed by atoms with van der Waals surface area (Å²) in [6.45, 7) is 1.42. The van der Waals surface area contributed by atoms with Crippen molar-refractivity contribution in [2.45, 2.75) is 13.3 Å². The Hall–Kier alpha value is -1.94. The molecule has 0 fully saturated rings. The number of carbonyl (C=O) groups is 1. The Morgan fingerprint density at radius 3 is 2.58 bits per heavy atom. The van der Waals surface area contributed by atoms with Gasteiger partial charge in [0.25, 0.3) is 0 Å². The maximum absolute atomic E-state index is 12.2. The molecule has 0 aliphatic carbocycles. The number of benzene rings is 1. The fourth-order valence-corrected chi connectivity index (χ4v) is 1.50. The molecule has 0 radical (unpaired) electrons. The third-order valence-corrected chi connectivity index (χ3v) is 2.11. The first-order valence-electron chi connectivity index (χ1n) is 4.95. The van der Waals surface area contributed by atoms with Crippen LogP contribution in [0, 0.1) is 11.3 Å². The Morgan fingerprint density at radius 1 is 1.47 bits per heavy atom. The lowest BCUT2D eigenvalue weighted by molar-refractivity contribution is -0.274. The summed E-state index contributed by atoms with van der Waals surface area (Å²) in [5, 5.41) is 8.67. The molecule has 0 aliphatic rings. The molecule has 0 bridgehead atoms. The smallest absolute Gasteiger partial charge is 0.462 e. The maximum atomic E-state index is 12.2. The second-order valence-electron chi connectivity index (χ2n) is 3.21. The molecule has 0 aliphatic heterocycles. The van der Waals surface area contributed by atoms with E-state index in [0.717, 1.165) is 12.1 Å². The summed E-state index contributed by atoms with van der Waals surface area (Å²) in [5.41, 5.74) is -0.962. The third-order valence-electron chi connectivity index (χ3n) is 1.89. The van der Waals surface area contributed by atoms with Crippen LogP contribution in [0.3, 0.4) is 0 Å². The van der Waals surface area contributed by atoms with E-state index in [-0.39, 0.29) is 17.2 Å². The number of carbonyl (C=O) groups excluding carboxylic acids is 1. The lowest BCUT2D eigenvalue weighted by atomic mass is 10.1. The molecule has 102 valence electrons. The van der Waals surface area contributed by atoms with Crippen molar-refractivity contribution in [2.24, 2.45) is 0 Å². The molecule has 0 heterocycles. The van der Waals surface area contributed by atoms with Crippen LogP contribution in [0.15, 0.2) is 12.1 Å². The van der Waals surface area contributed by atoms with Crippen molar-refractivity contribution in [3.8, 4) is 11.8 Å². The Labute approximate surface area is 111 Å². The van der Waals surface area contributed by atoms with Crippen molar-refractivity contribution < 1.29 is 27.4 Å². The minimum Gasteiger partial charge on any atom is -0.462 e. The van der Waals surface area contributed by atoms with E-state index in [1.165, 1.54) is 6.92 Å². The Morgan fingerprint density at radius 2 is 2.11 bits per heavy atom. The number of rotatable bonds is 3. The normalized spacial score (nSPS) is 10.7. The average Bonchev–Trinajstić information content (AvgIpc) is 2.25. The van der Waals surface area contributed by atoms with Gasteiger partial charge in [0.2, 0.25) is 0 Å². The first-order chi connectivity index (χ1) is 8.78. The van der Waals surface area contributed by atoms with Gasteiger partial charge in [-0.05, 0) is 13.0 Å². The minimum atomic E-state index is -5.02. The summed E-state index contributed by atoms with van der Waals surface area (Å²) in [7, 11) is 0. The van der Waals surface area contributed by atoms with Gasteiger partial charge < -0.3 is 9.47 Å². The highest BCUT2D eigenvalue weighted by atomic mass is 35.5. The Kier molecular flexibility index (Phi) is 4.62. The quantitative estimate of drug-likeness (QED) is 0.802. The summed E-state index contributed by atoms with van der Waals surface area (Å²) in [5.74, 6) is -1.95. The van der Waals surface area contributed by atoms with Gasteiger partial charge in [0.1, 0.15) is 17.4 Å². The van der Waals surface area contributed by atoms with Crippen molar-refractivity contribution >= 4 is 17.6 Å². The molecule has 0 unspecified atom stereocenters. The molecule has 0 atom stereocenters. The van der Waals surface area contributed by atoms with Crippen molar-refractivity contribution in [1.29, 1.82) is 5.26 Å². The van der Waals surface area contributed by atoms with E-state index in [0.29, 0.717) is 0 Å². The number of halogens is 4. The largest absolute Gasteiger partial charge is 0.573 e. The van der Waals surface area contributed by atoms with Gasteiger partial charge in [-0.2, -0.15) is 5.26 Å². The molecular formula is C11H7ClF3NO3. The van der Waals surface area contributed by atoms with Gasteiger partial charge in [-0.3, -0.25) is 0 Å². The molecule has 0 amide bonds. The third kappa shape index (κ3) is 4.03. The fourth-order valence-electron chi connectivity index (χ4n) is 1.29. The molecule has 0 N–H and O–H groups in total. The van der Waals surface area contributed by atoms with E-state index in [4.69, 9.17) is 16.9 Å². The standard InChI is InChI=1S/C11H7ClF3NO3/c1-2-18-10(17)9-6(5-16)3-7(12)4-8(9)19-11(13,14)15/h3-4H,2H2,1H3. The highest BCUT2D eigenvalue weighted by molar-refractivity contribution is 6.31. The van der Waals surface area contributed by atoms with Crippen LogP contribution in [-0.2, 0) is 4.74 Å². The SMILES string of the molecule is CCOC(=O)c1c(C#N)cc(Cl)cc1OC(F)(F)F. The van der Waals surface area contributed by atoms with Crippen molar-refractivity contribution in [3.63, 3.8) is 0 Å². The second kappa shape index (κ2) is 5.80. The minimum absolute atomic E-state index is 0.0578. The van der Waals surface area contributed by atoms with E-state index in [2.05, 4.69) is 9.47 Å². The fraction of sp³-hybridized carbons (Fsp3) is 0.273. The highest BCUT2D eigenvalue weighted by Crippen LogP contribution is 2.32. The lowest BCUT2D eigenvalue weighted by Gasteiger charge is -2.14. The molecular weight excluding hydrogens is 287 g/mol. The zero-order valence-corrected chi connectivity index (χ0v) is 10.3. The highest BCUT2D eigenvalue weighted by Gasteiger charge is 2.34. The topological polar surface area (TPSA) is 59.3 Å². The van der Waals surface area contributed by atoms with Gasteiger partial charge in [-0.1, -0.05) is 11.6 Å². The summed E-state index contributed by atoms with van der Waals surface area (Å²) < 4.78 is 45.0. The van der Waals surface area contributed by atoms with Crippen LogP contribution < -0.4 is 4.74 Å². The van der Waals surface area contributed by atoms with E-state index >= 15 is 0 Å². The molecule has 0 saturated carbocycles. The van der Waals surface area contributed by atoms with Crippen LogP contribution in [0.1, 0.15) is 22.8 Å². The van der Waals surface area contributed by atoms with Gasteiger partial charge >= 0.3 is 12.3 Å². The van der Waals surface area contributed by atoms with Crippen LogP contribution in [0.4, 0.5) is 13.2 Å². The van der Waals surface area contributed by atoms with Gasteiger partial charge in [0, 0.05) is 11.1 Å². The van der Waals surface area contributed by atoms with Gasteiger partial charge in [0.05, 0.1) is 12.2 Å². The zero-order chi connectivity index (χ0) is 14.6. The Balaban J connectivity index is 3.38. The molecule has 0 aromatic heterocycles. The summed E-state index contributed by atoms with van der Waals surface area (Å²) in [4.78, 5) is 11.6. The summed E-state index contributed by atoms with van der Waals surface area (Å²) in [6.07, 6.45) is -5.02. The summed E-state index contributed by atoms with van der Waals surface area (Å²) in [6, 6.07) is 3.42. The van der Waals surface area contributed by atoms with Gasteiger partial charge in [-0.15, -0.1) is 13.2 Å².